The van der Waals surface area contributed by atoms with E-state index in [1.165, 1.54) is 11.1 Å². The van der Waals surface area contributed by atoms with E-state index in [4.69, 9.17) is 4.74 Å². The lowest BCUT2D eigenvalue weighted by atomic mass is 10.0. The highest BCUT2D eigenvalue weighted by Gasteiger charge is 2.27. The molecule has 1 rings (SSSR count). The number of aryl methyl sites for hydroxylation is 1. The van der Waals surface area contributed by atoms with Crippen molar-refractivity contribution in [2.45, 2.75) is 72.9 Å². The molecule has 0 unspecified atom stereocenters. The molecule has 0 aliphatic rings. The number of quaternary nitrogens is 1. The van der Waals surface area contributed by atoms with Crippen LogP contribution in [0.25, 0.3) is 0 Å². The van der Waals surface area contributed by atoms with Gasteiger partial charge in [0.1, 0.15) is 5.75 Å². The van der Waals surface area contributed by atoms with Crippen LogP contribution in [0.2, 0.25) is 0 Å². The molecule has 0 fully saturated rings. The van der Waals surface area contributed by atoms with E-state index in [9.17, 15) is 4.79 Å². The van der Waals surface area contributed by atoms with Gasteiger partial charge in [-0.05, 0) is 57.7 Å². The first-order valence-corrected chi connectivity index (χ1v) is 10.3. The maximum absolute atomic E-state index is 12.7. The lowest BCUT2D eigenvalue weighted by Gasteiger charge is -2.35. The third kappa shape index (κ3) is 7.53. The Morgan fingerprint density at radius 2 is 1.67 bits per heavy atom. The maximum Gasteiger partial charge on any atom is 0.278 e. The molecule has 154 valence electrons. The molecule has 1 amide bonds. The summed E-state index contributed by atoms with van der Waals surface area (Å²) in [5.74, 6) is 1.71. The third-order valence-corrected chi connectivity index (χ3v) is 5.01. The fourth-order valence-electron chi connectivity index (χ4n) is 3.51. The monoisotopic (exact) mass is 377 g/mol. The van der Waals surface area contributed by atoms with E-state index < -0.39 is 0 Å². The van der Waals surface area contributed by atoms with Gasteiger partial charge in [0.2, 0.25) is 0 Å². The zero-order chi connectivity index (χ0) is 20.8. The SMILES string of the molecule is Cc1ccc(C(C)C)cc1OCCC[N+](C)(C)CC(=O)N(C(C)C)C(C)C. The number of hydrogen-bond donors (Lipinski definition) is 0. The third-order valence-electron chi connectivity index (χ3n) is 5.01. The number of likely N-dealkylation sites (N-methyl/N-ethyl adjacent to an activating group) is 1. The number of rotatable bonds is 10. The lowest BCUT2D eigenvalue weighted by molar-refractivity contribution is -0.883. The van der Waals surface area contributed by atoms with Gasteiger partial charge in [-0.3, -0.25) is 4.79 Å². The van der Waals surface area contributed by atoms with Crippen LogP contribution in [-0.4, -0.2) is 61.2 Å². The van der Waals surface area contributed by atoms with Gasteiger partial charge in [0.05, 0.1) is 27.2 Å². The van der Waals surface area contributed by atoms with Crippen molar-refractivity contribution < 1.29 is 14.0 Å². The Morgan fingerprint density at radius 1 is 1.07 bits per heavy atom. The average Bonchev–Trinajstić information content (AvgIpc) is 2.51. The van der Waals surface area contributed by atoms with Crippen LogP contribution in [-0.2, 0) is 4.79 Å². The minimum atomic E-state index is 0.228. The van der Waals surface area contributed by atoms with E-state index in [2.05, 4.69) is 80.8 Å². The molecule has 4 nitrogen and oxygen atoms in total. The van der Waals surface area contributed by atoms with E-state index in [0.717, 1.165) is 18.7 Å². The molecule has 0 N–H and O–H groups in total. The number of hydrogen-bond acceptors (Lipinski definition) is 2. The van der Waals surface area contributed by atoms with Crippen LogP contribution >= 0.6 is 0 Å². The van der Waals surface area contributed by atoms with Crippen LogP contribution in [0.4, 0.5) is 0 Å². The molecule has 0 aliphatic carbocycles. The van der Waals surface area contributed by atoms with Crippen molar-refractivity contribution in [1.29, 1.82) is 0 Å². The van der Waals surface area contributed by atoms with Crippen LogP contribution in [0, 0.1) is 6.92 Å². The van der Waals surface area contributed by atoms with E-state index in [0.29, 0.717) is 23.6 Å². The van der Waals surface area contributed by atoms with Crippen LogP contribution < -0.4 is 4.74 Å². The quantitative estimate of drug-likeness (QED) is 0.440. The molecule has 0 atom stereocenters. The molecular formula is C23H41N2O2+. The fraction of sp³-hybridized carbons (Fsp3) is 0.696. The first-order valence-electron chi connectivity index (χ1n) is 10.3. The largest absolute Gasteiger partial charge is 0.493 e. The molecule has 0 heterocycles. The summed E-state index contributed by atoms with van der Waals surface area (Å²) >= 11 is 0. The zero-order valence-electron chi connectivity index (χ0n) is 19.0. The van der Waals surface area contributed by atoms with Gasteiger partial charge in [0.25, 0.3) is 5.91 Å². The average molecular weight is 378 g/mol. The molecule has 0 aromatic heterocycles. The van der Waals surface area contributed by atoms with Gasteiger partial charge in [0, 0.05) is 18.5 Å². The van der Waals surface area contributed by atoms with Crippen molar-refractivity contribution in [3.63, 3.8) is 0 Å². The van der Waals surface area contributed by atoms with Gasteiger partial charge in [-0.25, -0.2) is 0 Å². The summed E-state index contributed by atoms with van der Waals surface area (Å²) in [6, 6.07) is 6.94. The molecule has 0 bridgehead atoms. The molecular weight excluding hydrogens is 336 g/mol. The Morgan fingerprint density at radius 3 is 2.19 bits per heavy atom. The van der Waals surface area contributed by atoms with Gasteiger partial charge in [-0.2, -0.15) is 0 Å². The highest BCUT2D eigenvalue weighted by atomic mass is 16.5. The van der Waals surface area contributed by atoms with Gasteiger partial charge in [-0.1, -0.05) is 26.0 Å². The molecule has 27 heavy (non-hydrogen) atoms. The van der Waals surface area contributed by atoms with Crippen molar-refractivity contribution >= 4 is 5.91 Å². The molecule has 4 heteroatoms. The number of carbonyl (C=O) groups excluding carboxylic acids is 1. The van der Waals surface area contributed by atoms with Crippen molar-refractivity contribution in [3.05, 3.63) is 29.3 Å². The van der Waals surface area contributed by atoms with Crippen LogP contribution in [0.5, 0.6) is 5.75 Å². The zero-order valence-corrected chi connectivity index (χ0v) is 19.0. The van der Waals surface area contributed by atoms with Gasteiger partial charge in [0.15, 0.2) is 6.54 Å². The number of carbonyl (C=O) groups is 1. The van der Waals surface area contributed by atoms with Crippen LogP contribution in [0.15, 0.2) is 18.2 Å². The van der Waals surface area contributed by atoms with Crippen molar-refractivity contribution in [2.24, 2.45) is 0 Å². The lowest BCUT2D eigenvalue weighted by Crippen LogP contribution is -2.52. The number of ether oxygens (including phenoxy) is 1. The highest BCUT2D eigenvalue weighted by Crippen LogP contribution is 2.24. The number of amides is 1. The first-order chi connectivity index (χ1) is 12.4. The Hall–Kier alpha value is -1.55. The predicted octanol–water partition coefficient (Wildman–Crippen LogP) is 4.61. The maximum atomic E-state index is 12.7. The van der Waals surface area contributed by atoms with E-state index >= 15 is 0 Å². The first kappa shape index (κ1) is 23.5. The Bertz CT molecular complexity index is 598. The molecule has 0 saturated carbocycles. The number of benzene rings is 1. The van der Waals surface area contributed by atoms with E-state index in [1.807, 2.05) is 4.90 Å². The standard InChI is InChI=1S/C23H41N2O2/c1-17(2)21-12-11-20(7)22(15-21)27-14-10-13-25(8,9)16-23(26)24(18(3)4)19(5)6/h11-12,15,17-19H,10,13-14,16H2,1-9H3/q+1. The van der Waals surface area contributed by atoms with Crippen LogP contribution in [0.3, 0.4) is 0 Å². The van der Waals surface area contributed by atoms with Crippen molar-refractivity contribution in [1.82, 2.24) is 4.90 Å². The summed E-state index contributed by atoms with van der Waals surface area (Å²) in [7, 11) is 4.25. The minimum absolute atomic E-state index is 0.228. The van der Waals surface area contributed by atoms with E-state index in [-0.39, 0.29) is 18.0 Å². The second kappa shape index (κ2) is 10.1. The predicted molar refractivity (Wildman–Crippen MR) is 114 cm³/mol. The molecule has 0 aliphatic heterocycles. The second-order valence-corrected chi connectivity index (χ2v) is 9.19. The fourth-order valence-corrected chi connectivity index (χ4v) is 3.51. The van der Waals surface area contributed by atoms with Crippen molar-refractivity contribution in [2.75, 3.05) is 33.8 Å². The summed E-state index contributed by atoms with van der Waals surface area (Å²) in [6.45, 7) is 16.9. The Labute approximate surface area is 167 Å². The normalized spacial score (nSPS) is 12.1. The Kier molecular flexibility index (Phi) is 8.80. The summed E-state index contributed by atoms with van der Waals surface area (Å²) in [4.78, 5) is 14.7. The smallest absolute Gasteiger partial charge is 0.278 e. The van der Waals surface area contributed by atoms with Gasteiger partial charge >= 0.3 is 0 Å². The van der Waals surface area contributed by atoms with Gasteiger partial charge < -0.3 is 14.1 Å². The summed E-state index contributed by atoms with van der Waals surface area (Å²) in [5, 5.41) is 0. The second-order valence-electron chi connectivity index (χ2n) is 9.19. The van der Waals surface area contributed by atoms with E-state index in [1.54, 1.807) is 0 Å². The summed E-state index contributed by atoms with van der Waals surface area (Å²) in [5.41, 5.74) is 2.48. The molecule has 0 saturated heterocycles. The number of nitrogens with zero attached hydrogens (tertiary/aromatic N) is 2. The molecule has 1 aromatic carbocycles. The van der Waals surface area contributed by atoms with Crippen LogP contribution in [0.1, 0.15) is 65.0 Å². The molecule has 1 aromatic rings. The highest BCUT2D eigenvalue weighted by molar-refractivity contribution is 5.77. The van der Waals surface area contributed by atoms with Crippen molar-refractivity contribution in [3.8, 4) is 5.75 Å². The summed E-state index contributed by atoms with van der Waals surface area (Å²) < 4.78 is 6.73. The minimum Gasteiger partial charge on any atom is -0.493 e. The topological polar surface area (TPSA) is 29.5 Å². The van der Waals surface area contributed by atoms with Gasteiger partial charge in [-0.15, -0.1) is 0 Å². The molecule has 0 radical (unpaired) electrons. The Balaban J connectivity index is 2.55. The molecule has 0 spiro atoms. The summed E-state index contributed by atoms with van der Waals surface area (Å²) in [6.07, 6.45) is 0.926.